The van der Waals surface area contributed by atoms with Crippen LogP contribution >= 0.6 is 15.9 Å². The molecule has 0 aromatic heterocycles. The van der Waals surface area contributed by atoms with E-state index in [-0.39, 0.29) is 11.1 Å². The Morgan fingerprint density at radius 1 is 0.667 bits per heavy atom. The molecule has 3 nitrogen and oxygen atoms in total. The molecule has 0 N–H and O–H groups in total. The molecule has 0 amide bonds. The van der Waals surface area contributed by atoms with Gasteiger partial charge in [0.05, 0.1) is 5.92 Å². The first kappa shape index (κ1) is 17.6. The Kier molecular flexibility index (Phi) is 4.36. The van der Waals surface area contributed by atoms with Gasteiger partial charge in [0, 0.05) is 11.1 Å². The molecule has 0 saturated carbocycles. The van der Waals surface area contributed by atoms with Crippen molar-refractivity contribution in [2.45, 2.75) is 10.2 Å². The van der Waals surface area contributed by atoms with E-state index < -0.39 is 27.6 Å². The Morgan fingerprint density at radius 3 is 1.44 bits per heavy atom. The summed E-state index contributed by atoms with van der Waals surface area (Å²) in [6.07, 6.45) is 0. The summed E-state index contributed by atoms with van der Waals surface area (Å²) in [5.74, 6) is -2.19. The number of halogens is 1. The molecule has 0 atom stereocenters. The molecule has 132 valence electrons. The summed E-state index contributed by atoms with van der Waals surface area (Å²) in [5.41, 5.74) is 2.05. The van der Waals surface area contributed by atoms with Gasteiger partial charge in [0.1, 0.15) is 0 Å². The molecule has 4 heteroatoms. The minimum absolute atomic E-state index is 0.285. The van der Waals surface area contributed by atoms with E-state index in [1.807, 2.05) is 60.7 Å². The van der Waals surface area contributed by atoms with Crippen LogP contribution in [0.2, 0.25) is 0 Å². The second-order valence-corrected chi connectivity index (χ2v) is 7.67. The van der Waals surface area contributed by atoms with E-state index in [0.717, 1.165) is 11.1 Å². The van der Waals surface area contributed by atoms with Gasteiger partial charge in [-0.3, -0.25) is 14.4 Å². The molecule has 0 bridgehead atoms. The number of carbonyl (C=O) groups is 3. The first-order chi connectivity index (χ1) is 13.0. The maximum Gasteiger partial charge on any atom is 0.210 e. The number of hydrogen-bond donors (Lipinski definition) is 0. The van der Waals surface area contributed by atoms with E-state index in [1.54, 1.807) is 24.3 Å². The summed E-state index contributed by atoms with van der Waals surface area (Å²) in [4.78, 5) is 39.8. The molecule has 3 aromatic rings. The van der Waals surface area contributed by atoms with Gasteiger partial charge in [-0.05, 0) is 11.1 Å². The second kappa shape index (κ2) is 6.71. The molecule has 0 saturated heterocycles. The van der Waals surface area contributed by atoms with Crippen LogP contribution in [0.5, 0.6) is 0 Å². The highest BCUT2D eigenvalue weighted by Gasteiger charge is 2.58. The topological polar surface area (TPSA) is 51.2 Å². The van der Waals surface area contributed by atoms with Crippen LogP contribution in [0.3, 0.4) is 0 Å². The SMILES string of the molecule is O=C1c2ccccc2C(=O)C1(Br)C(=O)C(c1ccccc1)c1ccccc1. The van der Waals surface area contributed by atoms with Gasteiger partial charge in [0.15, 0.2) is 17.3 Å². The third kappa shape index (κ3) is 2.68. The fourth-order valence-corrected chi connectivity index (χ4v) is 4.22. The van der Waals surface area contributed by atoms with Gasteiger partial charge >= 0.3 is 0 Å². The predicted octanol–water partition coefficient (Wildman–Crippen LogP) is 4.60. The van der Waals surface area contributed by atoms with E-state index in [4.69, 9.17) is 0 Å². The van der Waals surface area contributed by atoms with Crippen LogP contribution in [0.4, 0.5) is 0 Å². The number of Topliss-reactive ketones (excluding diaryl/α,β-unsaturated/α-hetero) is 3. The molecule has 0 aliphatic heterocycles. The zero-order valence-electron chi connectivity index (χ0n) is 14.3. The number of hydrogen-bond acceptors (Lipinski definition) is 3. The first-order valence-corrected chi connectivity index (χ1v) is 9.36. The van der Waals surface area contributed by atoms with Crippen molar-refractivity contribution in [3.63, 3.8) is 0 Å². The van der Waals surface area contributed by atoms with Crippen LogP contribution in [0.15, 0.2) is 84.9 Å². The summed E-state index contributed by atoms with van der Waals surface area (Å²) < 4.78 is -1.90. The Balaban J connectivity index is 1.86. The third-order valence-electron chi connectivity index (χ3n) is 4.91. The van der Waals surface area contributed by atoms with Crippen LogP contribution in [0, 0.1) is 0 Å². The first-order valence-electron chi connectivity index (χ1n) is 8.57. The molecule has 4 rings (SSSR count). The maximum atomic E-state index is 13.7. The number of carbonyl (C=O) groups excluding carboxylic acids is 3. The van der Waals surface area contributed by atoms with E-state index >= 15 is 0 Å². The van der Waals surface area contributed by atoms with Gasteiger partial charge in [-0.1, -0.05) is 101 Å². The summed E-state index contributed by atoms with van der Waals surface area (Å²) in [6.45, 7) is 0. The molecule has 3 aromatic carbocycles. The monoisotopic (exact) mass is 418 g/mol. The Labute approximate surface area is 165 Å². The van der Waals surface area contributed by atoms with Gasteiger partial charge in [-0.15, -0.1) is 0 Å². The van der Waals surface area contributed by atoms with Gasteiger partial charge < -0.3 is 0 Å². The summed E-state index contributed by atoms with van der Waals surface area (Å²) in [7, 11) is 0. The fourth-order valence-electron chi connectivity index (χ4n) is 3.56. The van der Waals surface area contributed by atoms with Gasteiger partial charge in [0.2, 0.25) is 4.32 Å². The lowest BCUT2D eigenvalue weighted by molar-refractivity contribution is -0.119. The van der Waals surface area contributed by atoms with Gasteiger partial charge in [-0.25, -0.2) is 0 Å². The fraction of sp³-hybridized carbons (Fsp3) is 0.0870. The minimum atomic E-state index is -1.90. The van der Waals surface area contributed by atoms with Crippen molar-refractivity contribution in [1.82, 2.24) is 0 Å². The largest absolute Gasteiger partial charge is 0.296 e. The molecule has 0 fully saturated rings. The molecule has 27 heavy (non-hydrogen) atoms. The predicted molar refractivity (Wildman–Crippen MR) is 106 cm³/mol. The lowest BCUT2D eigenvalue weighted by atomic mass is 9.80. The molecule has 0 heterocycles. The lowest BCUT2D eigenvalue weighted by Gasteiger charge is -2.25. The molecule has 0 radical (unpaired) electrons. The summed E-state index contributed by atoms with van der Waals surface area (Å²) >= 11 is 3.27. The number of fused-ring (bicyclic) bond motifs is 1. The third-order valence-corrected chi connectivity index (χ3v) is 6.02. The molecule has 0 unspecified atom stereocenters. The molecule has 1 aliphatic rings. The van der Waals surface area contributed by atoms with E-state index in [2.05, 4.69) is 15.9 Å². The zero-order chi connectivity index (χ0) is 19.0. The van der Waals surface area contributed by atoms with E-state index in [0.29, 0.717) is 0 Å². The minimum Gasteiger partial charge on any atom is -0.296 e. The molecule has 0 spiro atoms. The normalized spacial score (nSPS) is 15.0. The van der Waals surface area contributed by atoms with Crippen LogP contribution in [-0.2, 0) is 4.79 Å². The molecular weight excluding hydrogens is 404 g/mol. The average molecular weight is 419 g/mol. The Morgan fingerprint density at radius 2 is 1.04 bits per heavy atom. The zero-order valence-corrected chi connectivity index (χ0v) is 15.8. The lowest BCUT2D eigenvalue weighted by Crippen LogP contribution is -2.46. The van der Waals surface area contributed by atoms with Crippen molar-refractivity contribution >= 4 is 33.3 Å². The van der Waals surface area contributed by atoms with Crippen LogP contribution < -0.4 is 0 Å². The number of alkyl halides is 1. The molecular formula is C23H15BrO3. The average Bonchev–Trinajstić information content (AvgIpc) is 2.92. The summed E-state index contributed by atoms with van der Waals surface area (Å²) in [5, 5.41) is 0. The highest BCUT2D eigenvalue weighted by molar-refractivity contribution is 9.11. The highest BCUT2D eigenvalue weighted by Crippen LogP contribution is 2.42. The van der Waals surface area contributed by atoms with Gasteiger partial charge in [0.25, 0.3) is 0 Å². The highest BCUT2D eigenvalue weighted by atomic mass is 79.9. The maximum absolute atomic E-state index is 13.7. The van der Waals surface area contributed by atoms with Crippen LogP contribution in [0.25, 0.3) is 0 Å². The quantitative estimate of drug-likeness (QED) is 0.459. The standard InChI is InChI=1S/C23H15BrO3/c24-23(20(25)17-13-7-8-14-18(17)21(23)26)22(27)19(15-9-3-1-4-10-15)16-11-5-2-6-12-16/h1-14,19H. The number of benzene rings is 3. The number of rotatable bonds is 4. The second-order valence-electron chi connectivity index (χ2n) is 6.48. The van der Waals surface area contributed by atoms with Crippen LogP contribution in [-0.4, -0.2) is 21.7 Å². The Bertz CT molecular complexity index is 967. The smallest absolute Gasteiger partial charge is 0.210 e. The van der Waals surface area contributed by atoms with Crippen molar-refractivity contribution in [3.05, 3.63) is 107 Å². The van der Waals surface area contributed by atoms with Crippen molar-refractivity contribution in [2.75, 3.05) is 0 Å². The number of ketones is 3. The Hall–Kier alpha value is -2.85. The van der Waals surface area contributed by atoms with E-state index in [9.17, 15) is 14.4 Å². The van der Waals surface area contributed by atoms with Crippen LogP contribution in [0.1, 0.15) is 37.8 Å². The van der Waals surface area contributed by atoms with Gasteiger partial charge in [-0.2, -0.15) is 0 Å². The van der Waals surface area contributed by atoms with Crippen molar-refractivity contribution in [3.8, 4) is 0 Å². The summed E-state index contributed by atoms with van der Waals surface area (Å²) in [6, 6.07) is 25.0. The van der Waals surface area contributed by atoms with E-state index in [1.165, 1.54) is 0 Å². The van der Waals surface area contributed by atoms with Crippen molar-refractivity contribution in [2.24, 2.45) is 0 Å². The van der Waals surface area contributed by atoms with Crippen molar-refractivity contribution < 1.29 is 14.4 Å². The molecule has 1 aliphatic carbocycles. The van der Waals surface area contributed by atoms with Crippen molar-refractivity contribution in [1.29, 1.82) is 0 Å².